The first-order valence-electron chi connectivity index (χ1n) is 10.5. The van der Waals surface area contributed by atoms with Crippen molar-refractivity contribution in [3.05, 3.63) is 59.4 Å². The number of carbonyl (C=O) groups is 2. The molecule has 1 aromatic heterocycles. The number of methoxy groups -OCH3 is 2. The van der Waals surface area contributed by atoms with Gasteiger partial charge < -0.3 is 23.8 Å². The van der Waals surface area contributed by atoms with Gasteiger partial charge in [-0.25, -0.2) is 0 Å². The Morgan fingerprint density at radius 2 is 1.73 bits per heavy atom. The molecule has 0 spiro atoms. The number of halogens is 3. The highest BCUT2D eigenvalue weighted by molar-refractivity contribution is 5.96. The van der Waals surface area contributed by atoms with Gasteiger partial charge in [0, 0.05) is 58.4 Å². The summed E-state index contributed by atoms with van der Waals surface area (Å²) in [4.78, 5) is 29.1. The molecule has 2 aromatic rings. The predicted octanol–water partition coefficient (Wildman–Crippen LogP) is 3.20. The molecular formula is C23H30F3N3O4. The van der Waals surface area contributed by atoms with E-state index >= 15 is 0 Å². The zero-order valence-corrected chi connectivity index (χ0v) is 19.1. The fourth-order valence-corrected chi connectivity index (χ4v) is 3.28. The molecule has 33 heavy (non-hydrogen) atoms. The second-order valence-corrected chi connectivity index (χ2v) is 7.57. The normalized spacial score (nSPS) is 11.5. The summed E-state index contributed by atoms with van der Waals surface area (Å²) in [6.45, 7) is 1.17. The van der Waals surface area contributed by atoms with Gasteiger partial charge in [-0.2, -0.15) is 13.2 Å². The molecule has 2 amide bonds. The minimum Gasteiger partial charge on any atom is -0.385 e. The lowest BCUT2D eigenvalue weighted by Crippen LogP contribution is -2.44. The number of hydrogen-bond acceptors (Lipinski definition) is 4. The number of benzene rings is 1. The molecule has 0 radical (unpaired) electrons. The zero-order chi connectivity index (χ0) is 24.4. The molecule has 0 bridgehead atoms. The van der Waals surface area contributed by atoms with Crippen LogP contribution in [0.15, 0.2) is 42.6 Å². The molecule has 0 atom stereocenters. The van der Waals surface area contributed by atoms with Crippen LogP contribution in [0.3, 0.4) is 0 Å². The molecular weight excluding hydrogens is 439 g/mol. The van der Waals surface area contributed by atoms with E-state index < -0.39 is 17.6 Å². The molecule has 7 nitrogen and oxygen atoms in total. The fourth-order valence-electron chi connectivity index (χ4n) is 3.28. The lowest BCUT2D eigenvalue weighted by Gasteiger charge is -2.28. The Morgan fingerprint density at radius 3 is 2.33 bits per heavy atom. The van der Waals surface area contributed by atoms with Gasteiger partial charge in [0.15, 0.2) is 0 Å². The molecule has 10 heteroatoms. The van der Waals surface area contributed by atoms with Gasteiger partial charge in [-0.3, -0.25) is 9.59 Å². The van der Waals surface area contributed by atoms with Crippen molar-refractivity contribution in [3.63, 3.8) is 0 Å². The third-order valence-electron chi connectivity index (χ3n) is 5.15. The highest BCUT2D eigenvalue weighted by Gasteiger charge is 2.31. The number of nitrogens with zero attached hydrogens (tertiary/aromatic N) is 3. The summed E-state index contributed by atoms with van der Waals surface area (Å²) in [5.74, 6) is -0.970. The maximum absolute atomic E-state index is 13.1. The summed E-state index contributed by atoms with van der Waals surface area (Å²) in [7, 11) is 4.90. The molecule has 0 saturated heterocycles. The van der Waals surface area contributed by atoms with Crippen LogP contribution in [-0.4, -0.2) is 73.2 Å². The molecule has 1 aromatic carbocycles. The van der Waals surface area contributed by atoms with Gasteiger partial charge in [0.25, 0.3) is 5.91 Å². The van der Waals surface area contributed by atoms with Crippen molar-refractivity contribution in [2.75, 3.05) is 47.1 Å². The Kier molecular flexibility index (Phi) is 9.93. The molecule has 0 N–H and O–H groups in total. The van der Waals surface area contributed by atoms with Crippen molar-refractivity contribution in [1.29, 1.82) is 0 Å². The van der Waals surface area contributed by atoms with Gasteiger partial charge in [0.1, 0.15) is 6.54 Å². The van der Waals surface area contributed by atoms with Crippen LogP contribution in [0.1, 0.15) is 28.0 Å². The first kappa shape index (κ1) is 26.4. The number of aryl methyl sites for hydroxylation is 1. The molecule has 0 unspecified atom stereocenters. The van der Waals surface area contributed by atoms with Crippen LogP contribution >= 0.6 is 0 Å². The maximum atomic E-state index is 13.1. The molecule has 0 aliphatic rings. The second kappa shape index (κ2) is 12.4. The molecule has 182 valence electrons. The van der Waals surface area contributed by atoms with Gasteiger partial charge in [-0.05, 0) is 36.8 Å². The van der Waals surface area contributed by atoms with Crippen molar-refractivity contribution in [1.82, 2.24) is 14.4 Å². The fraction of sp³-hybridized carbons (Fsp3) is 0.478. The summed E-state index contributed by atoms with van der Waals surface area (Å²) in [5, 5.41) is 0. The first-order chi connectivity index (χ1) is 15.7. The summed E-state index contributed by atoms with van der Waals surface area (Å²) >= 11 is 0. The third-order valence-corrected chi connectivity index (χ3v) is 5.15. The summed E-state index contributed by atoms with van der Waals surface area (Å²) in [6, 6.07) is 7.97. The van der Waals surface area contributed by atoms with E-state index in [0.29, 0.717) is 32.7 Å². The van der Waals surface area contributed by atoms with Gasteiger partial charge in [-0.15, -0.1) is 0 Å². The number of aromatic nitrogens is 1. The lowest BCUT2D eigenvalue weighted by atomic mass is 10.1. The van der Waals surface area contributed by atoms with Crippen LogP contribution in [0.4, 0.5) is 13.2 Å². The largest absolute Gasteiger partial charge is 0.416 e. The second-order valence-electron chi connectivity index (χ2n) is 7.57. The van der Waals surface area contributed by atoms with Crippen molar-refractivity contribution in [2.24, 2.45) is 7.05 Å². The zero-order valence-electron chi connectivity index (χ0n) is 19.1. The van der Waals surface area contributed by atoms with E-state index in [1.165, 1.54) is 31.3 Å². The average Bonchev–Trinajstić information content (AvgIpc) is 3.19. The van der Waals surface area contributed by atoms with Crippen LogP contribution in [0, 0.1) is 0 Å². The monoisotopic (exact) mass is 469 g/mol. The van der Waals surface area contributed by atoms with Crippen LogP contribution in [-0.2, 0) is 34.0 Å². The van der Waals surface area contributed by atoms with Crippen molar-refractivity contribution < 1.29 is 32.2 Å². The smallest absolute Gasteiger partial charge is 0.385 e. The van der Waals surface area contributed by atoms with Crippen LogP contribution in [0.5, 0.6) is 0 Å². The molecule has 0 fully saturated rings. The van der Waals surface area contributed by atoms with E-state index in [-0.39, 0.29) is 24.6 Å². The lowest BCUT2D eigenvalue weighted by molar-refractivity contribution is -0.137. The molecule has 2 rings (SSSR count). The molecule has 0 aliphatic heterocycles. The van der Waals surface area contributed by atoms with E-state index in [2.05, 4.69) is 0 Å². The number of alkyl halides is 3. The Bertz CT molecular complexity index is 914. The molecule has 0 saturated carbocycles. The minimum absolute atomic E-state index is 0.124. The number of hydrogen-bond donors (Lipinski definition) is 0. The highest BCUT2D eigenvalue weighted by atomic mass is 19.4. The van der Waals surface area contributed by atoms with Crippen molar-refractivity contribution in [2.45, 2.75) is 19.1 Å². The van der Waals surface area contributed by atoms with E-state index in [1.54, 1.807) is 4.90 Å². The molecule has 0 aliphatic carbocycles. The first-order valence-corrected chi connectivity index (χ1v) is 10.5. The van der Waals surface area contributed by atoms with Crippen LogP contribution in [0.25, 0.3) is 0 Å². The SMILES string of the molecule is COCCCN(CC(=O)N(CCOC)Cc1cccn1C)C(=O)c1cccc(C(F)(F)F)c1. The Labute approximate surface area is 191 Å². The molecule has 1 heterocycles. The van der Waals surface area contributed by atoms with Gasteiger partial charge >= 0.3 is 6.18 Å². The van der Waals surface area contributed by atoms with E-state index in [0.717, 1.165) is 17.8 Å². The van der Waals surface area contributed by atoms with Crippen LogP contribution < -0.4 is 0 Å². The van der Waals surface area contributed by atoms with Gasteiger partial charge in [0.05, 0.1) is 18.7 Å². The summed E-state index contributed by atoms with van der Waals surface area (Å²) in [6.07, 6.45) is -2.27. The quantitative estimate of drug-likeness (QED) is 0.448. The van der Waals surface area contributed by atoms with E-state index in [1.807, 2.05) is 29.9 Å². The van der Waals surface area contributed by atoms with Crippen molar-refractivity contribution in [3.8, 4) is 0 Å². The number of ether oxygens (including phenoxy) is 2. The van der Waals surface area contributed by atoms with Gasteiger partial charge in [0.2, 0.25) is 5.91 Å². The number of rotatable bonds is 12. The van der Waals surface area contributed by atoms with Gasteiger partial charge in [-0.1, -0.05) is 6.07 Å². The maximum Gasteiger partial charge on any atom is 0.416 e. The predicted molar refractivity (Wildman–Crippen MR) is 117 cm³/mol. The Hall–Kier alpha value is -2.85. The summed E-state index contributed by atoms with van der Waals surface area (Å²) in [5.41, 5.74) is -0.141. The van der Waals surface area contributed by atoms with E-state index in [9.17, 15) is 22.8 Å². The number of carbonyl (C=O) groups excluding carboxylic acids is 2. The standard InChI is InChI=1S/C23H30F3N3O4/c1-27-10-5-9-20(27)16-28(12-14-33-3)21(30)17-29(11-6-13-32-2)22(31)18-7-4-8-19(15-18)23(24,25)26/h4-5,7-10,15H,6,11-14,16-17H2,1-3H3. The number of amides is 2. The minimum atomic E-state index is -4.57. The van der Waals surface area contributed by atoms with E-state index in [4.69, 9.17) is 9.47 Å². The Balaban J connectivity index is 2.23. The summed E-state index contributed by atoms with van der Waals surface area (Å²) < 4.78 is 51.4. The van der Waals surface area contributed by atoms with Crippen molar-refractivity contribution >= 4 is 11.8 Å². The topological polar surface area (TPSA) is 64.0 Å². The highest BCUT2D eigenvalue weighted by Crippen LogP contribution is 2.29. The van der Waals surface area contributed by atoms with Crippen LogP contribution in [0.2, 0.25) is 0 Å². The third kappa shape index (κ3) is 7.90. The Morgan fingerprint density at radius 1 is 1.00 bits per heavy atom. The average molecular weight is 470 g/mol.